The predicted molar refractivity (Wildman–Crippen MR) is 82.0 cm³/mol. The van der Waals surface area contributed by atoms with Gasteiger partial charge < -0.3 is 4.74 Å². The van der Waals surface area contributed by atoms with E-state index >= 15 is 0 Å². The number of ketones is 1. The lowest BCUT2D eigenvalue weighted by molar-refractivity contribution is -0.136. The molecule has 0 saturated heterocycles. The van der Waals surface area contributed by atoms with E-state index in [4.69, 9.17) is 4.74 Å². The van der Waals surface area contributed by atoms with E-state index < -0.39 is 0 Å². The maximum absolute atomic E-state index is 12.5. The summed E-state index contributed by atoms with van der Waals surface area (Å²) in [6, 6.07) is 6.51. The standard InChI is InChI=1S/C18H26O2/c1-5-20-17(18(2,3)4)16(19)12-13-9-10-14-7-6-8-15(14)11-13/h9-11,17H,5-8,12H2,1-4H3. The Bertz CT molecular complexity index is 483. The van der Waals surface area contributed by atoms with E-state index in [-0.39, 0.29) is 17.3 Å². The third-order valence-electron chi connectivity index (χ3n) is 3.95. The molecule has 1 aliphatic carbocycles. The molecular formula is C18H26O2. The highest BCUT2D eigenvalue weighted by molar-refractivity contribution is 5.86. The number of Topliss-reactive ketones (excluding diaryl/α,β-unsaturated/α-hetero) is 1. The van der Waals surface area contributed by atoms with Gasteiger partial charge in [0, 0.05) is 13.0 Å². The van der Waals surface area contributed by atoms with Crippen molar-refractivity contribution in [1.29, 1.82) is 0 Å². The van der Waals surface area contributed by atoms with E-state index in [1.165, 1.54) is 24.0 Å². The molecule has 2 heteroatoms. The smallest absolute Gasteiger partial charge is 0.166 e. The number of aryl methyl sites for hydroxylation is 2. The summed E-state index contributed by atoms with van der Waals surface area (Å²) >= 11 is 0. The zero-order valence-electron chi connectivity index (χ0n) is 13.2. The molecule has 110 valence electrons. The average Bonchev–Trinajstić information content (AvgIpc) is 2.81. The van der Waals surface area contributed by atoms with Gasteiger partial charge in [-0.2, -0.15) is 0 Å². The lowest BCUT2D eigenvalue weighted by atomic mass is 9.84. The van der Waals surface area contributed by atoms with Crippen LogP contribution in [-0.2, 0) is 28.8 Å². The second-order valence-corrected chi connectivity index (χ2v) is 6.80. The molecule has 2 nitrogen and oxygen atoms in total. The third kappa shape index (κ3) is 3.49. The monoisotopic (exact) mass is 274 g/mol. The van der Waals surface area contributed by atoms with E-state index in [1.54, 1.807) is 0 Å². The lowest BCUT2D eigenvalue weighted by Gasteiger charge is -2.29. The maximum atomic E-state index is 12.5. The van der Waals surface area contributed by atoms with Crippen LogP contribution in [0.1, 0.15) is 50.8 Å². The van der Waals surface area contributed by atoms with E-state index in [9.17, 15) is 4.79 Å². The number of benzene rings is 1. The summed E-state index contributed by atoms with van der Waals surface area (Å²) in [4.78, 5) is 12.5. The van der Waals surface area contributed by atoms with Gasteiger partial charge in [-0.15, -0.1) is 0 Å². The molecule has 1 aromatic rings. The van der Waals surface area contributed by atoms with Crippen molar-refractivity contribution >= 4 is 5.78 Å². The third-order valence-corrected chi connectivity index (χ3v) is 3.95. The van der Waals surface area contributed by atoms with Crippen LogP contribution in [0.15, 0.2) is 18.2 Å². The summed E-state index contributed by atoms with van der Waals surface area (Å²) in [7, 11) is 0. The Morgan fingerprint density at radius 3 is 2.60 bits per heavy atom. The molecule has 0 radical (unpaired) electrons. The SMILES string of the molecule is CCOC(C(=O)Cc1ccc2c(c1)CCC2)C(C)(C)C. The van der Waals surface area contributed by atoms with Crippen LogP contribution in [0.2, 0.25) is 0 Å². The minimum Gasteiger partial charge on any atom is -0.370 e. The Labute approximate surface area is 122 Å². The number of ether oxygens (including phenoxy) is 1. The first kappa shape index (κ1) is 15.2. The van der Waals surface area contributed by atoms with E-state index in [1.807, 2.05) is 6.92 Å². The summed E-state index contributed by atoms with van der Waals surface area (Å²) in [5.74, 6) is 0.192. The highest BCUT2D eigenvalue weighted by Crippen LogP contribution is 2.26. The number of hydrogen-bond donors (Lipinski definition) is 0. The maximum Gasteiger partial charge on any atom is 0.166 e. The van der Waals surface area contributed by atoms with Gasteiger partial charge in [-0.25, -0.2) is 0 Å². The van der Waals surface area contributed by atoms with Gasteiger partial charge in [0.05, 0.1) is 0 Å². The molecule has 1 aromatic carbocycles. The fraction of sp³-hybridized carbons (Fsp3) is 0.611. The average molecular weight is 274 g/mol. The quantitative estimate of drug-likeness (QED) is 0.817. The summed E-state index contributed by atoms with van der Waals surface area (Å²) in [5.41, 5.74) is 3.87. The van der Waals surface area contributed by atoms with Crippen LogP contribution >= 0.6 is 0 Å². The Morgan fingerprint density at radius 1 is 1.25 bits per heavy atom. The molecule has 0 spiro atoms. The molecule has 0 aromatic heterocycles. The first-order valence-electron chi connectivity index (χ1n) is 7.67. The second-order valence-electron chi connectivity index (χ2n) is 6.80. The van der Waals surface area contributed by atoms with Crippen LogP contribution in [0.3, 0.4) is 0 Å². The summed E-state index contributed by atoms with van der Waals surface area (Å²) in [5, 5.41) is 0. The fourth-order valence-electron chi connectivity index (χ4n) is 3.02. The summed E-state index contributed by atoms with van der Waals surface area (Å²) < 4.78 is 5.68. The van der Waals surface area contributed by atoms with Crippen LogP contribution in [0.4, 0.5) is 0 Å². The van der Waals surface area contributed by atoms with Gasteiger partial charge in [0.2, 0.25) is 0 Å². The topological polar surface area (TPSA) is 26.3 Å². The zero-order valence-corrected chi connectivity index (χ0v) is 13.2. The van der Waals surface area contributed by atoms with Crippen LogP contribution in [0.5, 0.6) is 0 Å². The second kappa shape index (κ2) is 6.09. The minimum absolute atomic E-state index is 0.149. The van der Waals surface area contributed by atoms with E-state index in [0.717, 1.165) is 12.0 Å². The molecule has 1 aliphatic rings. The Morgan fingerprint density at radius 2 is 1.95 bits per heavy atom. The number of carbonyl (C=O) groups excluding carboxylic acids is 1. The molecule has 20 heavy (non-hydrogen) atoms. The molecule has 0 saturated carbocycles. The summed E-state index contributed by atoms with van der Waals surface area (Å²) in [6.07, 6.45) is 3.75. The van der Waals surface area contributed by atoms with Crippen molar-refractivity contribution in [3.05, 3.63) is 34.9 Å². The normalized spacial score (nSPS) is 16.0. The molecule has 0 heterocycles. The highest BCUT2D eigenvalue weighted by Gasteiger charge is 2.31. The Hall–Kier alpha value is -1.15. The minimum atomic E-state index is -0.319. The van der Waals surface area contributed by atoms with E-state index in [2.05, 4.69) is 39.0 Å². The lowest BCUT2D eigenvalue weighted by Crippen LogP contribution is -2.38. The number of fused-ring (bicyclic) bond motifs is 1. The zero-order chi connectivity index (χ0) is 14.8. The van der Waals surface area contributed by atoms with Crippen LogP contribution in [0, 0.1) is 5.41 Å². The first-order chi connectivity index (χ1) is 9.41. The molecule has 0 fully saturated rings. The van der Waals surface area contributed by atoms with Gasteiger partial charge in [-0.3, -0.25) is 4.79 Å². The van der Waals surface area contributed by atoms with E-state index in [0.29, 0.717) is 13.0 Å². The van der Waals surface area contributed by atoms with Gasteiger partial charge >= 0.3 is 0 Å². The van der Waals surface area contributed by atoms with Crippen molar-refractivity contribution in [2.24, 2.45) is 5.41 Å². The van der Waals surface area contributed by atoms with Crippen molar-refractivity contribution < 1.29 is 9.53 Å². The predicted octanol–water partition coefficient (Wildman–Crippen LogP) is 3.74. The highest BCUT2D eigenvalue weighted by atomic mass is 16.5. The van der Waals surface area contributed by atoms with Crippen molar-refractivity contribution in [2.75, 3.05) is 6.61 Å². The van der Waals surface area contributed by atoms with Crippen LogP contribution < -0.4 is 0 Å². The van der Waals surface area contributed by atoms with Gasteiger partial charge in [0.15, 0.2) is 5.78 Å². The molecule has 1 unspecified atom stereocenters. The number of rotatable bonds is 5. The fourth-order valence-corrected chi connectivity index (χ4v) is 3.02. The van der Waals surface area contributed by atoms with Gasteiger partial charge in [0.25, 0.3) is 0 Å². The van der Waals surface area contributed by atoms with Crippen molar-refractivity contribution in [1.82, 2.24) is 0 Å². The largest absolute Gasteiger partial charge is 0.370 e. The number of hydrogen-bond acceptors (Lipinski definition) is 2. The molecular weight excluding hydrogens is 248 g/mol. The Kier molecular flexibility index (Phi) is 4.64. The molecule has 0 bridgehead atoms. The van der Waals surface area contributed by atoms with Crippen LogP contribution in [0.25, 0.3) is 0 Å². The number of carbonyl (C=O) groups is 1. The molecule has 0 aliphatic heterocycles. The molecule has 2 rings (SSSR count). The molecule has 0 N–H and O–H groups in total. The molecule has 0 amide bonds. The van der Waals surface area contributed by atoms with Gasteiger partial charge in [-0.1, -0.05) is 39.0 Å². The van der Waals surface area contributed by atoms with Gasteiger partial charge in [-0.05, 0) is 48.3 Å². The summed E-state index contributed by atoms with van der Waals surface area (Å²) in [6.45, 7) is 8.72. The Balaban J connectivity index is 2.10. The van der Waals surface area contributed by atoms with Crippen molar-refractivity contribution in [3.8, 4) is 0 Å². The molecule has 1 atom stereocenters. The van der Waals surface area contributed by atoms with Gasteiger partial charge in [0.1, 0.15) is 6.10 Å². The van der Waals surface area contributed by atoms with Crippen LogP contribution in [-0.4, -0.2) is 18.5 Å². The van der Waals surface area contributed by atoms with Crippen molar-refractivity contribution in [2.45, 2.75) is 59.5 Å². The van der Waals surface area contributed by atoms with Crippen molar-refractivity contribution in [3.63, 3.8) is 0 Å². The first-order valence-corrected chi connectivity index (χ1v) is 7.67.